The molecule has 6 nitrogen and oxygen atoms in total. The maximum atomic E-state index is 10.7. The van der Waals surface area contributed by atoms with Crippen LogP contribution in [-0.4, -0.2) is 18.6 Å². The first-order chi connectivity index (χ1) is 7.50. The Morgan fingerprint density at radius 2 is 2.00 bits per heavy atom. The summed E-state index contributed by atoms with van der Waals surface area (Å²) in [5, 5.41) is 11.1. The number of nitrogen functional groups attached to an aromatic ring is 1. The third-order valence-electron chi connectivity index (χ3n) is 1.59. The van der Waals surface area contributed by atoms with E-state index in [1.54, 1.807) is 18.5 Å². The summed E-state index contributed by atoms with van der Waals surface area (Å²) in [4.78, 5) is 0.0394. The summed E-state index contributed by atoms with van der Waals surface area (Å²) in [6.07, 6.45) is 3.46. The zero-order valence-electron chi connectivity index (χ0n) is 8.37. The van der Waals surface area contributed by atoms with Gasteiger partial charge in [0.25, 0.3) is 0 Å². The minimum Gasteiger partial charge on any atom is -0.399 e. The summed E-state index contributed by atoms with van der Waals surface area (Å²) >= 11 is 0. The number of hydrogen-bond donors (Lipinski definition) is 3. The molecule has 0 amide bonds. The molecule has 0 fully saturated rings. The van der Waals surface area contributed by atoms with Crippen LogP contribution in [0.25, 0.3) is 0 Å². The van der Waals surface area contributed by atoms with Crippen molar-refractivity contribution in [2.75, 3.05) is 5.73 Å². The molecule has 1 heterocycles. The molecule has 1 aromatic carbocycles. The van der Waals surface area contributed by atoms with Gasteiger partial charge in [-0.3, -0.25) is 5.10 Å². The minimum atomic E-state index is -3.61. The van der Waals surface area contributed by atoms with Crippen molar-refractivity contribution >= 4 is 15.7 Å². The number of nitrogens with one attached hydrogen (secondary N) is 1. The van der Waals surface area contributed by atoms with Gasteiger partial charge < -0.3 is 5.73 Å². The van der Waals surface area contributed by atoms with E-state index in [0.717, 1.165) is 0 Å². The third-order valence-corrected chi connectivity index (χ3v) is 2.50. The Kier molecular flexibility index (Phi) is 4.03. The highest BCUT2D eigenvalue weighted by Crippen LogP contribution is 2.09. The second kappa shape index (κ2) is 5.29. The molecule has 7 heteroatoms. The Morgan fingerprint density at radius 1 is 1.25 bits per heavy atom. The number of primary sulfonamides is 1. The first-order valence-corrected chi connectivity index (χ1v) is 5.87. The van der Waals surface area contributed by atoms with Crippen molar-refractivity contribution in [2.45, 2.75) is 4.90 Å². The lowest BCUT2D eigenvalue weighted by molar-refractivity contribution is 0.598. The summed E-state index contributed by atoms with van der Waals surface area (Å²) in [5.41, 5.74) is 5.72. The minimum absolute atomic E-state index is 0.0394. The molecule has 86 valence electrons. The van der Waals surface area contributed by atoms with Crippen LogP contribution in [0.5, 0.6) is 0 Å². The molecular weight excluding hydrogens is 228 g/mol. The van der Waals surface area contributed by atoms with Crippen LogP contribution in [-0.2, 0) is 10.0 Å². The van der Waals surface area contributed by atoms with Gasteiger partial charge in [0.15, 0.2) is 0 Å². The van der Waals surface area contributed by atoms with E-state index in [9.17, 15) is 8.42 Å². The monoisotopic (exact) mass is 240 g/mol. The predicted octanol–water partition coefficient (Wildman–Crippen LogP) is 0.326. The van der Waals surface area contributed by atoms with Gasteiger partial charge in [-0.05, 0) is 24.3 Å². The van der Waals surface area contributed by atoms with Crippen LogP contribution in [0.1, 0.15) is 0 Å². The topological polar surface area (TPSA) is 115 Å². The standard InChI is InChI=1S/C6H8N2O2S.C3H4N2/c7-5-2-1-3-6(4-5)11(8,9)10;1-2-4-5-3-1/h1-4H,7H2,(H2,8,9,10);1-3H,(H,4,5). The molecule has 5 N–H and O–H groups in total. The highest BCUT2D eigenvalue weighted by atomic mass is 32.2. The quantitative estimate of drug-likeness (QED) is 0.623. The third kappa shape index (κ3) is 4.11. The number of nitrogens with zero attached hydrogens (tertiary/aromatic N) is 1. The van der Waals surface area contributed by atoms with Gasteiger partial charge in [-0.25, -0.2) is 13.6 Å². The molecule has 0 saturated heterocycles. The van der Waals surface area contributed by atoms with Gasteiger partial charge in [-0.1, -0.05) is 6.07 Å². The zero-order valence-corrected chi connectivity index (χ0v) is 9.18. The first kappa shape index (κ1) is 12.2. The number of rotatable bonds is 1. The van der Waals surface area contributed by atoms with Crippen LogP contribution in [0.2, 0.25) is 0 Å². The van der Waals surface area contributed by atoms with Gasteiger partial charge in [0.2, 0.25) is 10.0 Å². The molecule has 1 aromatic heterocycles. The van der Waals surface area contributed by atoms with E-state index in [-0.39, 0.29) is 4.90 Å². The summed E-state index contributed by atoms with van der Waals surface area (Å²) in [6.45, 7) is 0. The Balaban J connectivity index is 0.000000212. The lowest BCUT2D eigenvalue weighted by Crippen LogP contribution is -2.12. The second-order valence-corrected chi connectivity index (χ2v) is 4.45. The van der Waals surface area contributed by atoms with Crippen molar-refractivity contribution in [1.82, 2.24) is 10.2 Å². The molecule has 0 radical (unpaired) electrons. The summed E-state index contributed by atoms with van der Waals surface area (Å²) in [6, 6.07) is 7.67. The summed E-state index contributed by atoms with van der Waals surface area (Å²) in [7, 11) is -3.61. The van der Waals surface area contributed by atoms with Crippen LogP contribution in [0.15, 0.2) is 47.6 Å². The average molecular weight is 240 g/mol. The molecule has 0 aliphatic rings. The van der Waals surface area contributed by atoms with Crippen molar-refractivity contribution in [3.8, 4) is 0 Å². The fourth-order valence-electron chi connectivity index (χ4n) is 0.907. The maximum absolute atomic E-state index is 10.7. The molecule has 0 aliphatic heterocycles. The van der Waals surface area contributed by atoms with E-state index in [4.69, 9.17) is 10.9 Å². The van der Waals surface area contributed by atoms with Crippen molar-refractivity contribution in [1.29, 1.82) is 0 Å². The van der Waals surface area contributed by atoms with E-state index in [0.29, 0.717) is 5.69 Å². The Labute approximate surface area is 93.3 Å². The number of aromatic nitrogens is 2. The molecular formula is C9H12N4O2S. The van der Waals surface area contributed by atoms with E-state index in [1.807, 2.05) is 6.07 Å². The molecule has 0 saturated carbocycles. The van der Waals surface area contributed by atoms with Crippen LogP contribution in [0, 0.1) is 0 Å². The van der Waals surface area contributed by atoms with E-state index in [2.05, 4.69) is 10.2 Å². The van der Waals surface area contributed by atoms with Gasteiger partial charge in [-0.15, -0.1) is 0 Å². The SMILES string of the molecule is Nc1cccc(S(N)(=O)=O)c1.c1cn[nH]c1. The van der Waals surface area contributed by atoms with Crippen LogP contribution in [0.4, 0.5) is 5.69 Å². The number of nitrogens with two attached hydrogens (primary N) is 2. The molecule has 0 aliphatic carbocycles. The zero-order chi connectivity index (χ0) is 12.0. The van der Waals surface area contributed by atoms with Gasteiger partial charge in [-0.2, -0.15) is 5.10 Å². The number of benzene rings is 1. The summed E-state index contributed by atoms with van der Waals surface area (Å²) in [5.74, 6) is 0. The Bertz CT molecular complexity index is 505. The molecule has 16 heavy (non-hydrogen) atoms. The number of aromatic amines is 1. The molecule has 0 atom stereocenters. The van der Waals surface area contributed by atoms with Crippen LogP contribution < -0.4 is 10.9 Å². The average Bonchev–Trinajstić information content (AvgIpc) is 2.74. The fourth-order valence-corrected chi connectivity index (χ4v) is 1.48. The number of anilines is 1. The van der Waals surface area contributed by atoms with Gasteiger partial charge in [0, 0.05) is 18.1 Å². The molecule has 2 rings (SSSR count). The normalized spacial score (nSPS) is 10.3. The van der Waals surface area contributed by atoms with Crippen molar-refractivity contribution in [2.24, 2.45) is 5.14 Å². The van der Waals surface area contributed by atoms with Crippen molar-refractivity contribution < 1.29 is 8.42 Å². The summed E-state index contributed by atoms with van der Waals surface area (Å²) < 4.78 is 21.4. The van der Waals surface area contributed by atoms with E-state index < -0.39 is 10.0 Å². The fraction of sp³-hybridized carbons (Fsp3) is 0. The van der Waals surface area contributed by atoms with Gasteiger partial charge >= 0.3 is 0 Å². The number of hydrogen-bond acceptors (Lipinski definition) is 4. The predicted molar refractivity (Wildman–Crippen MR) is 60.8 cm³/mol. The molecule has 0 unspecified atom stereocenters. The first-order valence-electron chi connectivity index (χ1n) is 4.32. The van der Waals surface area contributed by atoms with Crippen molar-refractivity contribution in [3.63, 3.8) is 0 Å². The van der Waals surface area contributed by atoms with Gasteiger partial charge in [0.05, 0.1) is 4.90 Å². The lowest BCUT2D eigenvalue weighted by Gasteiger charge is -1.97. The smallest absolute Gasteiger partial charge is 0.238 e. The maximum Gasteiger partial charge on any atom is 0.238 e. The van der Waals surface area contributed by atoms with Gasteiger partial charge in [0.1, 0.15) is 0 Å². The van der Waals surface area contributed by atoms with Crippen LogP contribution in [0.3, 0.4) is 0 Å². The Morgan fingerprint density at radius 3 is 2.31 bits per heavy atom. The molecule has 2 aromatic rings. The molecule has 0 spiro atoms. The lowest BCUT2D eigenvalue weighted by atomic mass is 10.3. The number of H-pyrrole nitrogens is 1. The highest BCUT2D eigenvalue weighted by molar-refractivity contribution is 7.89. The number of sulfonamides is 1. The van der Waals surface area contributed by atoms with E-state index in [1.165, 1.54) is 18.2 Å². The molecule has 0 bridgehead atoms. The van der Waals surface area contributed by atoms with Crippen molar-refractivity contribution in [3.05, 3.63) is 42.7 Å². The largest absolute Gasteiger partial charge is 0.399 e. The second-order valence-electron chi connectivity index (χ2n) is 2.88. The Hall–Kier alpha value is -1.86. The highest BCUT2D eigenvalue weighted by Gasteiger charge is 2.05. The van der Waals surface area contributed by atoms with E-state index >= 15 is 0 Å². The van der Waals surface area contributed by atoms with Crippen LogP contribution >= 0.6 is 0 Å².